The Labute approximate surface area is 94.0 Å². The fourth-order valence-electron chi connectivity index (χ4n) is 1.97. The minimum Gasteiger partial charge on any atom is -0.337 e. The van der Waals surface area contributed by atoms with Gasteiger partial charge in [-0.3, -0.25) is 4.79 Å². The topological polar surface area (TPSA) is 46.3 Å². The Morgan fingerprint density at radius 1 is 1.38 bits per heavy atom. The van der Waals surface area contributed by atoms with Crippen molar-refractivity contribution in [3.63, 3.8) is 0 Å². The molecule has 1 heterocycles. The molecule has 1 saturated heterocycles. The largest absolute Gasteiger partial charge is 0.337 e. The van der Waals surface area contributed by atoms with Gasteiger partial charge < -0.3 is 10.6 Å². The zero-order valence-corrected chi connectivity index (χ0v) is 9.03. The van der Waals surface area contributed by atoms with Crippen LogP contribution in [0.2, 0.25) is 0 Å². The molecule has 0 radical (unpaired) electrons. The maximum Gasteiger partial charge on any atom is 0.253 e. The molecule has 0 bridgehead atoms. The lowest BCUT2D eigenvalue weighted by atomic mass is 10.1. The van der Waals surface area contributed by atoms with Crippen LogP contribution in [0.1, 0.15) is 23.2 Å². The molecule has 1 aliphatic heterocycles. The number of nitrogens with zero attached hydrogens (tertiary/aromatic N) is 1. The van der Waals surface area contributed by atoms with Crippen molar-refractivity contribution in [3.8, 4) is 0 Å². The first-order chi connectivity index (χ1) is 7.66. The molecule has 2 rings (SSSR count). The SMILES string of the molecule is NC1CCCN(C(=O)c2ccc(F)cc2)C1. The number of hydrogen-bond donors (Lipinski definition) is 1. The summed E-state index contributed by atoms with van der Waals surface area (Å²) in [5.41, 5.74) is 6.33. The molecular formula is C12H15FN2O. The molecule has 1 atom stereocenters. The van der Waals surface area contributed by atoms with Gasteiger partial charge in [-0.25, -0.2) is 4.39 Å². The molecule has 16 heavy (non-hydrogen) atoms. The van der Waals surface area contributed by atoms with Crippen LogP contribution in [-0.2, 0) is 0 Å². The monoisotopic (exact) mass is 222 g/mol. The van der Waals surface area contributed by atoms with E-state index in [2.05, 4.69) is 0 Å². The average molecular weight is 222 g/mol. The second-order valence-corrected chi connectivity index (χ2v) is 4.16. The lowest BCUT2D eigenvalue weighted by Crippen LogP contribution is -2.45. The Morgan fingerprint density at radius 3 is 2.69 bits per heavy atom. The third-order valence-corrected chi connectivity index (χ3v) is 2.84. The molecule has 0 saturated carbocycles. The summed E-state index contributed by atoms with van der Waals surface area (Å²) in [6.07, 6.45) is 1.90. The number of carbonyl (C=O) groups is 1. The van der Waals surface area contributed by atoms with E-state index in [9.17, 15) is 9.18 Å². The van der Waals surface area contributed by atoms with Crippen LogP contribution in [0.15, 0.2) is 24.3 Å². The summed E-state index contributed by atoms with van der Waals surface area (Å²) < 4.78 is 12.7. The van der Waals surface area contributed by atoms with E-state index in [-0.39, 0.29) is 17.8 Å². The Hall–Kier alpha value is -1.42. The van der Waals surface area contributed by atoms with Gasteiger partial charge in [0.1, 0.15) is 5.82 Å². The molecular weight excluding hydrogens is 207 g/mol. The number of amides is 1. The number of nitrogens with two attached hydrogens (primary N) is 1. The zero-order chi connectivity index (χ0) is 11.5. The lowest BCUT2D eigenvalue weighted by molar-refractivity contribution is 0.0709. The Morgan fingerprint density at radius 2 is 2.06 bits per heavy atom. The third kappa shape index (κ3) is 2.39. The highest BCUT2D eigenvalue weighted by Crippen LogP contribution is 2.13. The number of halogens is 1. The predicted molar refractivity (Wildman–Crippen MR) is 59.5 cm³/mol. The van der Waals surface area contributed by atoms with Crippen molar-refractivity contribution in [1.82, 2.24) is 4.90 Å². The van der Waals surface area contributed by atoms with Crippen LogP contribution >= 0.6 is 0 Å². The Bertz CT molecular complexity index is 377. The predicted octanol–water partition coefficient (Wildman–Crippen LogP) is 1.39. The van der Waals surface area contributed by atoms with E-state index in [1.54, 1.807) is 4.90 Å². The second kappa shape index (κ2) is 4.61. The van der Waals surface area contributed by atoms with Gasteiger partial charge in [0.2, 0.25) is 0 Å². The van der Waals surface area contributed by atoms with Crippen molar-refractivity contribution >= 4 is 5.91 Å². The van der Waals surface area contributed by atoms with Crippen LogP contribution in [0.4, 0.5) is 4.39 Å². The highest BCUT2D eigenvalue weighted by molar-refractivity contribution is 5.94. The molecule has 1 fully saturated rings. The van der Waals surface area contributed by atoms with Crippen molar-refractivity contribution in [2.24, 2.45) is 5.73 Å². The fraction of sp³-hybridized carbons (Fsp3) is 0.417. The van der Waals surface area contributed by atoms with Crippen LogP contribution in [0, 0.1) is 5.82 Å². The standard InChI is InChI=1S/C12H15FN2O/c13-10-5-3-9(4-6-10)12(16)15-7-1-2-11(14)8-15/h3-6,11H,1-2,7-8,14H2. The first-order valence-corrected chi connectivity index (χ1v) is 5.47. The first kappa shape index (κ1) is 11.1. The number of carbonyl (C=O) groups excluding carboxylic acids is 1. The summed E-state index contributed by atoms with van der Waals surface area (Å²) in [5.74, 6) is -0.387. The molecule has 1 amide bonds. The van der Waals surface area contributed by atoms with Gasteiger partial charge in [-0.05, 0) is 37.1 Å². The van der Waals surface area contributed by atoms with Crippen molar-refractivity contribution in [2.45, 2.75) is 18.9 Å². The van der Waals surface area contributed by atoms with E-state index in [1.165, 1.54) is 24.3 Å². The van der Waals surface area contributed by atoms with E-state index >= 15 is 0 Å². The van der Waals surface area contributed by atoms with Gasteiger partial charge in [-0.15, -0.1) is 0 Å². The summed E-state index contributed by atoms with van der Waals surface area (Å²) in [7, 11) is 0. The Kier molecular flexibility index (Phi) is 3.19. The van der Waals surface area contributed by atoms with Gasteiger partial charge in [0.05, 0.1) is 0 Å². The lowest BCUT2D eigenvalue weighted by Gasteiger charge is -2.30. The van der Waals surface area contributed by atoms with Crippen molar-refractivity contribution in [2.75, 3.05) is 13.1 Å². The smallest absolute Gasteiger partial charge is 0.253 e. The van der Waals surface area contributed by atoms with Gasteiger partial charge in [0, 0.05) is 24.7 Å². The quantitative estimate of drug-likeness (QED) is 0.780. The van der Waals surface area contributed by atoms with Crippen LogP contribution in [0.3, 0.4) is 0 Å². The van der Waals surface area contributed by atoms with E-state index < -0.39 is 0 Å². The molecule has 1 aromatic carbocycles. The van der Waals surface area contributed by atoms with Crippen LogP contribution in [-0.4, -0.2) is 29.9 Å². The summed E-state index contributed by atoms with van der Waals surface area (Å²) in [6, 6.07) is 5.70. The summed E-state index contributed by atoms with van der Waals surface area (Å²) >= 11 is 0. The third-order valence-electron chi connectivity index (χ3n) is 2.84. The highest BCUT2D eigenvalue weighted by atomic mass is 19.1. The fourth-order valence-corrected chi connectivity index (χ4v) is 1.97. The molecule has 1 aliphatic rings. The summed E-state index contributed by atoms with van der Waals surface area (Å²) in [6.45, 7) is 1.33. The number of rotatable bonds is 1. The van der Waals surface area contributed by atoms with E-state index in [4.69, 9.17) is 5.73 Å². The Balaban J connectivity index is 2.09. The second-order valence-electron chi connectivity index (χ2n) is 4.16. The molecule has 0 spiro atoms. The maximum atomic E-state index is 12.7. The van der Waals surface area contributed by atoms with Crippen molar-refractivity contribution in [3.05, 3.63) is 35.6 Å². The zero-order valence-electron chi connectivity index (χ0n) is 9.03. The van der Waals surface area contributed by atoms with Gasteiger partial charge in [-0.2, -0.15) is 0 Å². The summed E-state index contributed by atoms with van der Waals surface area (Å²) in [4.78, 5) is 13.7. The van der Waals surface area contributed by atoms with Crippen LogP contribution < -0.4 is 5.73 Å². The van der Waals surface area contributed by atoms with E-state index in [0.29, 0.717) is 12.1 Å². The van der Waals surface area contributed by atoms with Crippen LogP contribution in [0.25, 0.3) is 0 Å². The van der Waals surface area contributed by atoms with Crippen molar-refractivity contribution in [1.29, 1.82) is 0 Å². The number of likely N-dealkylation sites (tertiary alicyclic amines) is 1. The van der Waals surface area contributed by atoms with Gasteiger partial charge in [-0.1, -0.05) is 0 Å². The normalized spacial score (nSPS) is 20.9. The molecule has 1 aromatic rings. The number of benzene rings is 1. The number of hydrogen-bond acceptors (Lipinski definition) is 2. The molecule has 0 aromatic heterocycles. The molecule has 1 unspecified atom stereocenters. The van der Waals surface area contributed by atoms with Gasteiger partial charge in [0.25, 0.3) is 5.91 Å². The van der Waals surface area contributed by atoms with Crippen LogP contribution in [0.5, 0.6) is 0 Å². The minimum absolute atomic E-state index is 0.0600. The van der Waals surface area contributed by atoms with Gasteiger partial charge in [0.15, 0.2) is 0 Å². The highest BCUT2D eigenvalue weighted by Gasteiger charge is 2.21. The average Bonchev–Trinajstić information content (AvgIpc) is 2.29. The maximum absolute atomic E-state index is 12.7. The number of piperidine rings is 1. The van der Waals surface area contributed by atoms with Gasteiger partial charge >= 0.3 is 0 Å². The molecule has 86 valence electrons. The minimum atomic E-state index is -0.327. The molecule has 4 heteroatoms. The van der Waals surface area contributed by atoms with Crippen molar-refractivity contribution < 1.29 is 9.18 Å². The van der Waals surface area contributed by atoms with E-state index in [0.717, 1.165) is 19.4 Å². The molecule has 2 N–H and O–H groups in total. The summed E-state index contributed by atoms with van der Waals surface area (Å²) in [5, 5.41) is 0. The van der Waals surface area contributed by atoms with E-state index in [1.807, 2.05) is 0 Å². The molecule has 3 nitrogen and oxygen atoms in total. The molecule has 0 aliphatic carbocycles. The first-order valence-electron chi connectivity index (χ1n) is 5.47.